The lowest BCUT2D eigenvalue weighted by Gasteiger charge is -2.16. The molecule has 1 aliphatic carbocycles. The number of hydrogen-bond donors (Lipinski definition) is 2. The van der Waals surface area contributed by atoms with Gasteiger partial charge < -0.3 is 10.4 Å². The average molecular weight is 252 g/mol. The summed E-state index contributed by atoms with van der Waals surface area (Å²) in [5, 5.41) is 18.8. The zero-order valence-corrected chi connectivity index (χ0v) is 10.2. The summed E-state index contributed by atoms with van der Waals surface area (Å²) >= 11 is 0. The summed E-state index contributed by atoms with van der Waals surface area (Å²) in [6, 6.07) is -0.311. The second-order valence-electron chi connectivity index (χ2n) is 4.55. The molecule has 1 fully saturated rings. The van der Waals surface area contributed by atoms with E-state index in [0.717, 1.165) is 25.7 Å². The van der Waals surface area contributed by atoms with Gasteiger partial charge in [-0.2, -0.15) is 0 Å². The van der Waals surface area contributed by atoms with E-state index in [0.29, 0.717) is 0 Å². The molecule has 7 heteroatoms. The molecule has 0 spiro atoms. The summed E-state index contributed by atoms with van der Waals surface area (Å²) in [7, 11) is 0. The Hall–Kier alpha value is -1.92. The van der Waals surface area contributed by atoms with Crippen LogP contribution in [0.1, 0.15) is 49.1 Å². The molecule has 1 saturated carbocycles. The molecule has 0 saturated heterocycles. The first-order valence-electron chi connectivity index (χ1n) is 6.03. The van der Waals surface area contributed by atoms with E-state index in [1.807, 2.05) is 0 Å². The van der Waals surface area contributed by atoms with Gasteiger partial charge >= 0.3 is 5.97 Å². The molecule has 2 rings (SSSR count). The smallest absolute Gasteiger partial charge is 0.358 e. The molecular weight excluding hydrogens is 236 g/mol. The number of carbonyl (C=O) groups excluding carboxylic acids is 1. The molecule has 1 heterocycles. The van der Waals surface area contributed by atoms with Gasteiger partial charge in [0.25, 0.3) is 0 Å². The largest absolute Gasteiger partial charge is 0.476 e. The maximum absolute atomic E-state index is 11.9. The van der Waals surface area contributed by atoms with Crippen molar-refractivity contribution in [2.45, 2.75) is 44.7 Å². The molecule has 0 aromatic carbocycles. The van der Waals surface area contributed by atoms with E-state index in [9.17, 15) is 9.59 Å². The summed E-state index contributed by atoms with van der Waals surface area (Å²) in [6.45, 7) is 1.67. The molecule has 0 bridgehead atoms. The van der Waals surface area contributed by atoms with E-state index < -0.39 is 12.0 Å². The fourth-order valence-electron chi connectivity index (χ4n) is 2.08. The van der Waals surface area contributed by atoms with E-state index in [2.05, 4.69) is 15.6 Å². The number of carbonyl (C=O) groups is 2. The molecule has 7 nitrogen and oxygen atoms in total. The summed E-state index contributed by atoms with van der Waals surface area (Å²) in [4.78, 5) is 22.6. The molecular formula is C11H16N4O3. The molecule has 1 aromatic rings. The van der Waals surface area contributed by atoms with Crippen LogP contribution in [0.3, 0.4) is 0 Å². The Balaban J connectivity index is 1.98. The summed E-state index contributed by atoms with van der Waals surface area (Å²) in [5.74, 6) is -1.30. The molecule has 1 unspecified atom stereocenters. The Bertz CT molecular complexity index is 451. The van der Waals surface area contributed by atoms with Crippen molar-refractivity contribution >= 4 is 11.9 Å². The summed E-state index contributed by atoms with van der Waals surface area (Å²) < 4.78 is 1.27. The van der Waals surface area contributed by atoms with Crippen LogP contribution in [0, 0.1) is 0 Å². The van der Waals surface area contributed by atoms with Crippen molar-refractivity contribution in [3.05, 3.63) is 11.9 Å². The third-order valence-electron chi connectivity index (χ3n) is 3.21. The lowest BCUT2D eigenvalue weighted by atomic mass is 10.2. The Morgan fingerprint density at radius 3 is 2.72 bits per heavy atom. The van der Waals surface area contributed by atoms with E-state index in [-0.39, 0.29) is 17.6 Å². The first-order chi connectivity index (χ1) is 8.58. The highest BCUT2D eigenvalue weighted by Gasteiger charge is 2.23. The number of nitrogens with zero attached hydrogens (tertiary/aromatic N) is 3. The van der Waals surface area contributed by atoms with E-state index in [4.69, 9.17) is 5.11 Å². The van der Waals surface area contributed by atoms with Gasteiger partial charge in [0, 0.05) is 6.04 Å². The van der Waals surface area contributed by atoms with E-state index in [1.165, 1.54) is 10.9 Å². The van der Waals surface area contributed by atoms with Crippen molar-refractivity contribution in [3.8, 4) is 0 Å². The van der Waals surface area contributed by atoms with Crippen LogP contribution in [-0.2, 0) is 4.79 Å². The van der Waals surface area contributed by atoms with Gasteiger partial charge in [-0.3, -0.25) is 4.79 Å². The number of rotatable bonds is 4. The minimum absolute atomic E-state index is 0.149. The number of aromatic nitrogens is 3. The highest BCUT2D eigenvalue weighted by molar-refractivity contribution is 5.85. The molecule has 18 heavy (non-hydrogen) atoms. The average Bonchev–Trinajstić information content (AvgIpc) is 2.98. The van der Waals surface area contributed by atoms with Crippen molar-refractivity contribution in [3.63, 3.8) is 0 Å². The number of nitrogens with one attached hydrogen (secondary N) is 1. The van der Waals surface area contributed by atoms with Crippen LogP contribution in [0.4, 0.5) is 0 Å². The van der Waals surface area contributed by atoms with Gasteiger partial charge in [-0.05, 0) is 19.8 Å². The van der Waals surface area contributed by atoms with Gasteiger partial charge in [-0.15, -0.1) is 5.10 Å². The highest BCUT2D eigenvalue weighted by atomic mass is 16.4. The fourth-order valence-corrected chi connectivity index (χ4v) is 2.08. The molecule has 1 aromatic heterocycles. The van der Waals surface area contributed by atoms with Crippen LogP contribution in [-0.4, -0.2) is 38.0 Å². The summed E-state index contributed by atoms with van der Waals surface area (Å²) in [6.07, 6.45) is 5.57. The molecule has 0 aliphatic heterocycles. The number of hydrogen-bond acceptors (Lipinski definition) is 4. The van der Waals surface area contributed by atoms with E-state index in [1.54, 1.807) is 6.92 Å². The number of carboxylic acids is 1. The van der Waals surface area contributed by atoms with Crippen molar-refractivity contribution in [2.75, 3.05) is 0 Å². The first kappa shape index (κ1) is 12.5. The summed E-state index contributed by atoms with van der Waals surface area (Å²) in [5.41, 5.74) is -0.157. The van der Waals surface area contributed by atoms with Crippen molar-refractivity contribution < 1.29 is 14.7 Å². The quantitative estimate of drug-likeness (QED) is 0.817. The second-order valence-corrected chi connectivity index (χ2v) is 4.55. The zero-order valence-electron chi connectivity index (χ0n) is 10.2. The van der Waals surface area contributed by atoms with E-state index >= 15 is 0 Å². The zero-order chi connectivity index (χ0) is 13.1. The van der Waals surface area contributed by atoms with Crippen LogP contribution in [0.2, 0.25) is 0 Å². The maximum Gasteiger partial charge on any atom is 0.358 e. The minimum atomic E-state index is -1.15. The second kappa shape index (κ2) is 5.16. The third kappa shape index (κ3) is 2.66. The lowest BCUT2D eigenvalue weighted by molar-refractivity contribution is -0.124. The van der Waals surface area contributed by atoms with Gasteiger partial charge in [-0.1, -0.05) is 18.1 Å². The minimum Gasteiger partial charge on any atom is -0.476 e. The fraction of sp³-hybridized carbons (Fsp3) is 0.636. The van der Waals surface area contributed by atoms with Gasteiger partial charge in [0.05, 0.1) is 6.20 Å². The monoisotopic (exact) mass is 252 g/mol. The van der Waals surface area contributed by atoms with Crippen LogP contribution in [0.5, 0.6) is 0 Å². The Labute approximate surface area is 104 Å². The molecule has 0 radical (unpaired) electrons. The van der Waals surface area contributed by atoms with Gasteiger partial charge in [0.2, 0.25) is 5.91 Å². The van der Waals surface area contributed by atoms with Crippen molar-refractivity contribution in [1.82, 2.24) is 20.3 Å². The van der Waals surface area contributed by atoms with Crippen LogP contribution < -0.4 is 5.32 Å². The number of aromatic carboxylic acids is 1. The Morgan fingerprint density at radius 2 is 2.17 bits per heavy atom. The SMILES string of the molecule is CC(C(=O)NC1CCCC1)n1cc(C(=O)O)nn1. The third-order valence-corrected chi connectivity index (χ3v) is 3.21. The highest BCUT2D eigenvalue weighted by Crippen LogP contribution is 2.18. The topological polar surface area (TPSA) is 97.1 Å². The molecule has 98 valence electrons. The van der Waals surface area contributed by atoms with Gasteiger partial charge in [-0.25, -0.2) is 9.48 Å². The first-order valence-corrected chi connectivity index (χ1v) is 6.03. The number of carboxylic acid groups (broad SMARTS) is 1. The van der Waals surface area contributed by atoms with Crippen molar-refractivity contribution in [2.24, 2.45) is 0 Å². The number of amides is 1. The molecule has 1 aliphatic rings. The predicted octanol–water partition coefficient (Wildman–Crippen LogP) is 0.596. The standard InChI is InChI=1S/C11H16N4O3/c1-7(10(16)12-8-4-2-3-5-8)15-6-9(11(17)18)13-14-15/h6-8H,2-5H2,1H3,(H,12,16)(H,17,18). The van der Waals surface area contributed by atoms with Crippen LogP contribution in [0.15, 0.2) is 6.20 Å². The van der Waals surface area contributed by atoms with Crippen molar-refractivity contribution in [1.29, 1.82) is 0 Å². The van der Waals surface area contributed by atoms with Gasteiger partial charge in [0.15, 0.2) is 5.69 Å². The lowest BCUT2D eigenvalue weighted by Crippen LogP contribution is -2.37. The van der Waals surface area contributed by atoms with Crippen LogP contribution in [0.25, 0.3) is 0 Å². The molecule has 1 amide bonds. The predicted molar refractivity (Wildman–Crippen MR) is 62.1 cm³/mol. The van der Waals surface area contributed by atoms with Crippen LogP contribution >= 0.6 is 0 Å². The molecule has 1 atom stereocenters. The Kier molecular flexibility index (Phi) is 3.59. The maximum atomic E-state index is 11.9. The molecule has 2 N–H and O–H groups in total. The Morgan fingerprint density at radius 1 is 1.50 bits per heavy atom. The normalized spacial score (nSPS) is 17.6. The van der Waals surface area contributed by atoms with Gasteiger partial charge in [0.1, 0.15) is 6.04 Å².